The largest absolute Gasteiger partial charge is 0.369 e. The molecule has 1 saturated carbocycles. The number of nitrogens with zero attached hydrogens (tertiary/aromatic N) is 2. The van der Waals surface area contributed by atoms with Gasteiger partial charge in [0, 0.05) is 18.0 Å². The van der Waals surface area contributed by atoms with E-state index >= 15 is 0 Å². The second-order valence-corrected chi connectivity index (χ2v) is 4.81. The van der Waals surface area contributed by atoms with Crippen LogP contribution in [0.25, 0.3) is 0 Å². The van der Waals surface area contributed by atoms with Gasteiger partial charge in [0.15, 0.2) is 0 Å². The van der Waals surface area contributed by atoms with Crippen LogP contribution in [0, 0.1) is 0 Å². The van der Waals surface area contributed by atoms with Crippen LogP contribution in [0.1, 0.15) is 49.3 Å². The maximum absolute atomic E-state index is 5.78. The summed E-state index contributed by atoms with van der Waals surface area (Å²) in [4.78, 5) is 8.76. The predicted molar refractivity (Wildman–Crippen MR) is 64.5 cm³/mol. The molecule has 1 fully saturated rings. The van der Waals surface area contributed by atoms with Gasteiger partial charge < -0.3 is 11.1 Å². The molecule has 3 N–H and O–H groups in total. The molecular formula is C12H18N4. The number of nitrogens with one attached hydrogen (secondary N) is 1. The summed E-state index contributed by atoms with van der Waals surface area (Å²) in [5.41, 5.74) is 8.33. The van der Waals surface area contributed by atoms with Gasteiger partial charge in [-0.05, 0) is 19.3 Å². The first-order valence-electron chi connectivity index (χ1n) is 6.25. The highest BCUT2D eigenvalue weighted by Gasteiger charge is 2.25. The molecule has 3 rings (SSSR count). The van der Waals surface area contributed by atoms with Gasteiger partial charge in [0.25, 0.3) is 0 Å². The Bertz CT molecular complexity index is 396. The van der Waals surface area contributed by atoms with Crippen molar-refractivity contribution < 1.29 is 0 Å². The summed E-state index contributed by atoms with van der Waals surface area (Å²) in [6.45, 7) is 0.979. The zero-order valence-corrected chi connectivity index (χ0v) is 9.50. The van der Waals surface area contributed by atoms with E-state index in [1.807, 2.05) is 0 Å². The third-order valence-electron chi connectivity index (χ3n) is 3.72. The van der Waals surface area contributed by atoms with E-state index in [4.69, 9.17) is 5.73 Å². The normalized spacial score (nSPS) is 20.5. The molecule has 0 radical (unpaired) electrons. The Kier molecular flexibility index (Phi) is 2.42. The van der Waals surface area contributed by atoms with Gasteiger partial charge in [0.1, 0.15) is 5.82 Å². The SMILES string of the molecule is Nc1nc2c(c(C3CCCCC3)n1)CCN2. The minimum absolute atomic E-state index is 0.425. The van der Waals surface area contributed by atoms with Crippen LogP contribution >= 0.6 is 0 Å². The summed E-state index contributed by atoms with van der Waals surface area (Å²) in [5, 5.41) is 3.29. The second kappa shape index (κ2) is 3.92. The van der Waals surface area contributed by atoms with E-state index < -0.39 is 0 Å². The molecule has 16 heavy (non-hydrogen) atoms. The highest BCUT2D eigenvalue weighted by Crippen LogP contribution is 2.36. The maximum atomic E-state index is 5.78. The van der Waals surface area contributed by atoms with Crippen LogP contribution in [-0.4, -0.2) is 16.5 Å². The average molecular weight is 218 g/mol. The van der Waals surface area contributed by atoms with E-state index in [0.29, 0.717) is 11.9 Å². The topological polar surface area (TPSA) is 63.8 Å². The van der Waals surface area contributed by atoms with E-state index in [0.717, 1.165) is 18.8 Å². The molecule has 0 saturated heterocycles. The summed E-state index contributed by atoms with van der Waals surface area (Å²) in [7, 11) is 0. The Labute approximate surface area is 95.7 Å². The van der Waals surface area contributed by atoms with Crippen LogP contribution in [0.2, 0.25) is 0 Å². The highest BCUT2D eigenvalue weighted by atomic mass is 15.1. The van der Waals surface area contributed by atoms with Crippen LogP contribution in [0.3, 0.4) is 0 Å². The summed E-state index contributed by atoms with van der Waals surface area (Å²) < 4.78 is 0. The molecule has 0 aromatic carbocycles. The molecule has 1 aliphatic heterocycles. The lowest BCUT2D eigenvalue weighted by molar-refractivity contribution is 0.435. The van der Waals surface area contributed by atoms with Crippen LogP contribution in [0.15, 0.2) is 0 Å². The number of nitrogens with two attached hydrogens (primary N) is 1. The maximum Gasteiger partial charge on any atom is 0.222 e. The average Bonchev–Trinajstić information content (AvgIpc) is 2.77. The molecule has 2 aliphatic rings. The molecule has 4 nitrogen and oxygen atoms in total. The van der Waals surface area contributed by atoms with Gasteiger partial charge in [0.05, 0.1) is 5.69 Å². The van der Waals surface area contributed by atoms with E-state index in [2.05, 4.69) is 15.3 Å². The van der Waals surface area contributed by atoms with Crippen LogP contribution in [0.5, 0.6) is 0 Å². The second-order valence-electron chi connectivity index (χ2n) is 4.81. The lowest BCUT2D eigenvalue weighted by atomic mass is 9.85. The standard InChI is InChI=1S/C12H18N4/c13-12-15-10(8-4-2-1-3-5-8)9-6-7-14-11(9)16-12/h8H,1-7H2,(H3,13,14,15,16). The van der Waals surface area contributed by atoms with Crippen molar-refractivity contribution in [2.75, 3.05) is 17.6 Å². The van der Waals surface area contributed by atoms with Gasteiger partial charge in [-0.1, -0.05) is 19.3 Å². The Hall–Kier alpha value is -1.32. The van der Waals surface area contributed by atoms with Crippen molar-refractivity contribution in [1.29, 1.82) is 0 Å². The Morgan fingerprint density at radius 1 is 1.12 bits per heavy atom. The molecule has 1 aliphatic carbocycles. The number of rotatable bonds is 1. The minimum Gasteiger partial charge on any atom is -0.369 e. The smallest absolute Gasteiger partial charge is 0.222 e. The number of aromatic nitrogens is 2. The van der Waals surface area contributed by atoms with Gasteiger partial charge in [-0.15, -0.1) is 0 Å². The van der Waals surface area contributed by atoms with Crippen molar-refractivity contribution in [3.05, 3.63) is 11.3 Å². The molecule has 0 unspecified atom stereocenters. The lowest BCUT2D eigenvalue weighted by Gasteiger charge is -2.22. The number of hydrogen-bond donors (Lipinski definition) is 2. The summed E-state index contributed by atoms with van der Waals surface area (Å²) in [6, 6.07) is 0. The third kappa shape index (κ3) is 1.62. The van der Waals surface area contributed by atoms with Crippen molar-refractivity contribution in [1.82, 2.24) is 9.97 Å². The fourth-order valence-corrected chi connectivity index (χ4v) is 2.93. The molecule has 0 spiro atoms. The van der Waals surface area contributed by atoms with Gasteiger partial charge in [-0.2, -0.15) is 4.98 Å². The first kappa shape index (κ1) is 9.87. The third-order valence-corrected chi connectivity index (χ3v) is 3.72. The molecule has 0 bridgehead atoms. The summed E-state index contributed by atoms with van der Waals surface area (Å²) in [5.74, 6) is 2.02. The van der Waals surface area contributed by atoms with Crippen molar-refractivity contribution in [2.24, 2.45) is 0 Å². The predicted octanol–water partition coefficient (Wildman–Crippen LogP) is 2.07. The Morgan fingerprint density at radius 3 is 2.75 bits per heavy atom. The number of fused-ring (bicyclic) bond motifs is 1. The minimum atomic E-state index is 0.425. The van der Waals surface area contributed by atoms with E-state index in [1.165, 1.54) is 43.4 Å². The number of nitrogen functional groups attached to an aromatic ring is 1. The molecular weight excluding hydrogens is 200 g/mol. The van der Waals surface area contributed by atoms with Crippen molar-refractivity contribution in [2.45, 2.75) is 44.4 Å². The number of anilines is 2. The fourth-order valence-electron chi connectivity index (χ4n) is 2.93. The van der Waals surface area contributed by atoms with Crippen molar-refractivity contribution in [3.63, 3.8) is 0 Å². The lowest BCUT2D eigenvalue weighted by Crippen LogP contribution is -2.11. The Morgan fingerprint density at radius 2 is 1.94 bits per heavy atom. The van der Waals surface area contributed by atoms with Crippen LogP contribution in [-0.2, 0) is 6.42 Å². The molecule has 4 heteroatoms. The van der Waals surface area contributed by atoms with Crippen LogP contribution in [0.4, 0.5) is 11.8 Å². The van der Waals surface area contributed by atoms with E-state index in [1.54, 1.807) is 0 Å². The molecule has 2 heterocycles. The van der Waals surface area contributed by atoms with Crippen molar-refractivity contribution >= 4 is 11.8 Å². The zero-order valence-electron chi connectivity index (χ0n) is 9.50. The summed E-state index contributed by atoms with van der Waals surface area (Å²) >= 11 is 0. The van der Waals surface area contributed by atoms with Crippen molar-refractivity contribution in [3.8, 4) is 0 Å². The Balaban J connectivity index is 1.99. The molecule has 1 aromatic heterocycles. The molecule has 86 valence electrons. The highest BCUT2D eigenvalue weighted by molar-refractivity contribution is 5.54. The fraction of sp³-hybridized carbons (Fsp3) is 0.667. The van der Waals surface area contributed by atoms with Gasteiger partial charge in [-0.25, -0.2) is 4.98 Å². The van der Waals surface area contributed by atoms with Gasteiger partial charge in [0.2, 0.25) is 5.95 Å². The number of hydrogen-bond acceptors (Lipinski definition) is 4. The van der Waals surface area contributed by atoms with E-state index in [9.17, 15) is 0 Å². The quantitative estimate of drug-likeness (QED) is 0.757. The van der Waals surface area contributed by atoms with Gasteiger partial charge in [-0.3, -0.25) is 0 Å². The first-order chi connectivity index (χ1) is 7.84. The monoisotopic (exact) mass is 218 g/mol. The van der Waals surface area contributed by atoms with E-state index in [-0.39, 0.29) is 0 Å². The zero-order chi connectivity index (χ0) is 11.0. The van der Waals surface area contributed by atoms with Crippen LogP contribution < -0.4 is 11.1 Å². The molecule has 0 amide bonds. The van der Waals surface area contributed by atoms with Gasteiger partial charge >= 0.3 is 0 Å². The first-order valence-corrected chi connectivity index (χ1v) is 6.25. The molecule has 0 atom stereocenters. The summed E-state index contributed by atoms with van der Waals surface area (Å²) in [6.07, 6.45) is 7.62. The molecule has 1 aromatic rings.